The Balaban J connectivity index is 1.79. The number of aryl methyl sites for hydroxylation is 1. The SMILES string of the molecule is Cc1ccc(CC2NC(=O)/C=C/CC(C(C)/C=C/c3ccc(CNC(=O)CNC(=O)OC(C)(C)C)cc3)OC(=O)C(CC(C)C)OC(=O)C(C)(C)CNC2=O)cc1Cl. The molecule has 0 saturated heterocycles. The smallest absolute Gasteiger partial charge is 0.408 e. The largest absolute Gasteiger partial charge is 0.459 e. The molecule has 3 rings (SSSR count). The van der Waals surface area contributed by atoms with Gasteiger partial charge in [0.2, 0.25) is 17.7 Å². The normalized spacial score (nSPS) is 20.6. The summed E-state index contributed by atoms with van der Waals surface area (Å²) in [6, 6.07) is 11.9. The van der Waals surface area contributed by atoms with Crippen molar-refractivity contribution in [2.24, 2.45) is 17.3 Å². The van der Waals surface area contributed by atoms with Crippen molar-refractivity contribution in [3.05, 3.63) is 88.0 Å². The van der Waals surface area contributed by atoms with Crippen molar-refractivity contribution in [1.29, 1.82) is 0 Å². The molecule has 316 valence electrons. The zero-order chi connectivity index (χ0) is 43.2. The molecule has 2 aromatic carbocycles. The number of carbonyl (C=O) groups is 6. The maximum atomic E-state index is 13.7. The van der Waals surface area contributed by atoms with Crippen LogP contribution in [-0.4, -0.2) is 72.7 Å². The fourth-order valence-corrected chi connectivity index (χ4v) is 5.81. The molecule has 1 aliphatic heterocycles. The molecule has 14 heteroatoms. The highest BCUT2D eigenvalue weighted by Gasteiger charge is 2.37. The van der Waals surface area contributed by atoms with Crippen LogP contribution in [0.2, 0.25) is 5.02 Å². The van der Waals surface area contributed by atoms with Crippen molar-refractivity contribution in [1.82, 2.24) is 21.3 Å². The van der Waals surface area contributed by atoms with Crippen molar-refractivity contribution < 1.29 is 43.0 Å². The lowest BCUT2D eigenvalue weighted by atomic mass is 9.93. The molecule has 0 saturated carbocycles. The molecule has 0 fully saturated rings. The maximum absolute atomic E-state index is 13.7. The van der Waals surface area contributed by atoms with Crippen LogP contribution in [0, 0.1) is 24.2 Å². The molecule has 4 atom stereocenters. The van der Waals surface area contributed by atoms with Gasteiger partial charge in [-0.3, -0.25) is 19.2 Å². The second kappa shape index (κ2) is 21.5. The Morgan fingerprint density at radius 1 is 1.00 bits per heavy atom. The molecule has 4 unspecified atom stereocenters. The number of ether oxygens (including phenoxy) is 3. The van der Waals surface area contributed by atoms with E-state index in [2.05, 4.69) is 21.3 Å². The van der Waals surface area contributed by atoms with Crippen molar-refractivity contribution in [3.63, 3.8) is 0 Å². The van der Waals surface area contributed by atoms with Gasteiger partial charge in [0.15, 0.2) is 6.10 Å². The Morgan fingerprint density at radius 3 is 2.31 bits per heavy atom. The summed E-state index contributed by atoms with van der Waals surface area (Å²) in [7, 11) is 0. The van der Waals surface area contributed by atoms with Crippen molar-refractivity contribution >= 4 is 53.4 Å². The third-order valence-electron chi connectivity index (χ3n) is 9.11. The monoisotopic (exact) mass is 822 g/mol. The van der Waals surface area contributed by atoms with E-state index in [1.165, 1.54) is 6.08 Å². The van der Waals surface area contributed by atoms with Gasteiger partial charge in [-0.05, 0) is 88.3 Å². The van der Waals surface area contributed by atoms with Crippen LogP contribution in [0.1, 0.15) is 90.5 Å². The molecule has 0 aliphatic carbocycles. The number of hydrogen-bond acceptors (Lipinski definition) is 9. The average molecular weight is 823 g/mol. The average Bonchev–Trinajstić information content (AvgIpc) is 3.13. The summed E-state index contributed by atoms with van der Waals surface area (Å²) in [5.74, 6) is -3.15. The molecule has 1 heterocycles. The molecular formula is C44H59ClN4O9. The summed E-state index contributed by atoms with van der Waals surface area (Å²) in [5, 5.41) is 11.3. The maximum Gasteiger partial charge on any atom is 0.408 e. The Morgan fingerprint density at radius 2 is 1.67 bits per heavy atom. The van der Waals surface area contributed by atoms with E-state index in [-0.39, 0.29) is 56.6 Å². The molecule has 2 aromatic rings. The van der Waals surface area contributed by atoms with E-state index in [4.69, 9.17) is 25.8 Å². The number of rotatable bonds is 11. The molecule has 0 bridgehead atoms. The van der Waals surface area contributed by atoms with Gasteiger partial charge in [-0.2, -0.15) is 0 Å². The Labute approximate surface area is 347 Å². The fourth-order valence-electron chi connectivity index (χ4n) is 5.61. The van der Waals surface area contributed by atoms with Crippen LogP contribution in [0.15, 0.2) is 60.7 Å². The number of carbonyl (C=O) groups excluding carboxylic acids is 6. The lowest BCUT2D eigenvalue weighted by Crippen LogP contribution is -2.51. The van der Waals surface area contributed by atoms with E-state index in [9.17, 15) is 28.8 Å². The van der Waals surface area contributed by atoms with Crippen molar-refractivity contribution in [2.45, 2.75) is 112 Å². The predicted molar refractivity (Wildman–Crippen MR) is 222 cm³/mol. The summed E-state index contributed by atoms with van der Waals surface area (Å²) in [6.07, 6.45) is 4.54. The number of amides is 4. The van der Waals surface area contributed by atoms with Crippen LogP contribution in [-0.2, 0) is 51.1 Å². The number of nitrogens with one attached hydrogen (secondary N) is 4. The third-order valence-corrected chi connectivity index (χ3v) is 9.52. The van der Waals surface area contributed by atoms with Gasteiger partial charge in [0.05, 0.1) is 5.41 Å². The molecule has 4 amide bonds. The molecular weight excluding hydrogens is 764 g/mol. The molecule has 0 radical (unpaired) electrons. The van der Waals surface area contributed by atoms with Gasteiger partial charge in [-0.1, -0.05) is 87.0 Å². The van der Waals surface area contributed by atoms with E-state index in [1.807, 2.05) is 76.2 Å². The van der Waals surface area contributed by atoms with Crippen molar-refractivity contribution in [3.8, 4) is 0 Å². The predicted octanol–water partition coefficient (Wildman–Crippen LogP) is 6.14. The number of benzene rings is 2. The van der Waals surface area contributed by atoms with E-state index >= 15 is 0 Å². The number of halogens is 1. The number of esters is 2. The van der Waals surface area contributed by atoms with Crippen LogP contribution in [0.3, 0.4) is 0 Å². The van der Waals surface area contributed by atoms with Crippen LogP contribution < -0.4 is 21.3 Å². The minimum absolute atomic E-state index is 0.0145. The fraction of sp³-hybridized carbons (Fsp3) is 0.500. The summed E-state index contributed by atoms with van der Waals surface area (Å²) >= 11 is 6.35. The molecule has 0 spiro atoms. The van der Waals surface area contributed by atoms with Gasteiger partial charge in [0.1, 0.15) is 24.3 Å². The van der Waals surface area contributed by atoms with Gasteiger partial charge >= 0.3 is 18.0 Å². The molecule has 13 nitrogen and oxygen atoms in total. The number of cyclic esters (lactones) is 2. The van der Waals surface area contributed by atoms with Gasteiger partial charge in [-0.25, -0.2) is 9.59 Å². The number of alkyl carbamates (subject to hydrolysis) is 1. The van der Waals surface area contributed by atoms with Crippen molar-refractivity contribution in [2.75, 3.05) is 13.1 Å². The van der Waals surface area contributed by atoms with E-state index < -0.39 is 59.1 Å². The molecule has 1 aliphatic rings. The van der Waals surface area contributed by atoms with Gasteiger partial charge in [-0.15, -0.1) is 0 Å². The second-order valence-electron chi connectivity index (χ2n) is 16.7. The first-order chi connectivity index (χ1) is 27.1. The first-order valence-electron chi connectivity index (χ1n) is 19.5. The highest BCUT2D eigenvalue weighted by Crippen LogP contribution is 2.24. The van der Waals surface area contributed by atoms with Gasteiger partial charge in [0.25, 0.3) is 0 Å². The highest BCUT2D eigenvalue weighted by atomic mass is 35.5. The Hall–Kier alpha value is -5.17. The molecule has 58 heavy (non-hydrogen) atoms. The minimum Gasteiger partial charge on any atom is -0.459 e. The summed E-state index contributed by atoms with van der Waals surface area (Å²) in [4.78, 5) is 78.0. The second-order valence-corrected chi connectivity index (χ2v) is 17.1. The van der Waals surface area contributed by atoms with E-state index in [0.29, 0.717) is 5.02 Å². The lowest BCUT2D eigenvalue weighted by Gasteiger charge is -2.29. The lowest BCUT2D eigenvalue weighted by molar-refractivity contribution is -0.178. The Kier molecular flexibility index (Phi) is 17.5. The van der Waals surface area contributed by atoms with Crippen LogP contribution in [0.25, 0.3) is 6.08 Å². The first-order valence-corrected chi connectivity index (χ1v) is 19.9. The van der Waals surface area contributed by atoms with Crippen LogP contribution in [0.4, 0.5) is 4.79 Å². The summed E-state index contributed by atoms with van der Waals surface area (Å²) in [5.41, 5.74) is 1.40. The van der Waals surface area contributed by atoms with Crippen LogP contribution in [0.5, 0.6) is 0 Å². The highest BCUT2D eigenvalue weighted by molar-refractivity contribution is 6.31. The first kappa shape index (κ1) is 47.2. The topological polar surface area (TPSA) is 178 Å². The quantitative estimate of drug-likeness (QED) is 0.153. The zero-order valence-electron chi connectivity index (χ0n) is 35.0. The minimum atomic E-state index is -1.22. The zero-order valence-corrected chi connectivity index (χ0v) is 35.8. The number of hydrogen-bond donors (Lipinski definition) is 4. The molecule has 0 aromatic heterocycles. The van der Waals surface area contributed by atoms with Crippen LogP contribution >= 0.6 is 11.6 Å². The molecule has 4 N–H and O–H groups in total. The summed E-state index contributed by atoms with van der Waals surface area (Å²) < 4.78 is 17.0. The standard InChI is InChI=1S/C44H59ClN4O9/c1-27(2)21-36-40(53)56-35(29(4)14-15-30-17-19-31(20-18-30)24-46-38(51)25-47-42(55)58-43(5,6)7)11-10-12-37(50)49-34(23-32-16-13-28(3)33(45)22-32)39(52)48-26-44(8,9)41(54)57-36/h10,12-20,22,27,29,34-36H,11,21,23-26H2,1-9H3,(H,46,51)(H,47,55)(H,48,52)(H,49,50)/b12-10+,15-14+. The summed E-state index contributed by atoms with van der Waals surface area (Å²) in [6.45, 7) is 15.9. The van der Waals surface area contributed by atoms with Gasteiger partial charge < -0.3 is 35.5 Å². The Bertz CT molecular complexity index is 1830. The third kappa shape index (κ3) is 16.4. The van der Waals surface area contributed by atoms with E-state index in [1.54, 1.807) is 46.8 Å². The van der Waals surface area contributed by atoms with Gasteiger partial charge in [0, 0.05) is 36.9 Å². The van der Waals surface area contributed by atoms with E-state index in [0.717, 1.165) is 22.3 Å².